The minimum atomic E-state index is 0.287. The van der Waals surface area contributed by atoms with Crippen molar-refractivity contribution in [1.29, 1.82) is 0 Å². The maximum absolute atomic E-state index is 12.8. The average Bonchev–Trinajstić information content (AvgIpc) is 2.05. The highest BCUT2D eigenvalue weighted by Crippen LogP contribution is 2.09. The molecule has 0 aliphatic rings. The van der Waals surface area contributed by atoms with Crippen molar-refractivity contribution in [1.82, 2.24) is 5.23 Å². The fourth-order valence-corrected chi connectivity index (χ4v) is 0.713. The van der Waals surface area contributed by atoms with Gasteiger partial charge in [-0.2, -0.15) is 5.10 Å². The summed E-state index contributed by atoms with van der Waals surface area (Å²) in [5, 5.41) is 3.71. The molecule has 0 aliphatic heterocycles. The van der Waals surface area contributed by atoms with Gasteiger partial charge < -0.3 is 0 Å². The van der Waals surface area contributed by atoms with Crippen LogP contribution in [0.5, 0.6) is 0 Å². The van der Waals surface area contributed by atoms with Crippen LogP contribution >= 0.6 is 0 Å². The Hall–Kier alpha value is -1.38. The zero-order chi connectivity index (χ0) is 10.3. The summed E-state index contributed by atoms with van der Waals surface area (Å²) in [6.07, 6.45) is 6.18. The number of hydrogen-bond donors (Lipinski definition) is 0. The minimum Gasteiger partial charge on any atom is -0.156 e. The molecule has 72 valence electrons. The molecule has 13 heavy (non-hydrogen) atoms. The Morgan fingerprint density at radius 1 is 1.38 bits per heavy atom. The number of hydrogen-bond acceptors (Lipinski definition) is 2. The topological polar surface area (TPSA) is 15.6 Å². The Labute approximate surface area is 78.7 Å². The van der Waals surface area contributed by atoms with Crippen LogP contribution in [0.25, 0.3) is 0 Å². The Balaban J connectivity index is 4.47. The van der Waals surface area contributed by atoms with Crippen LogP contribution in [0.4, 0.5) is 4.48 Å². The van der Waals surface area contributed by atoms with E-state index in [4.69, 9.17) is 0 Å². The molecule has 0 fully saturated rings. The molecule has 0 aromatic heterocycles. The van der Waals surface area contributed by atoms with E-state index in [2.05, 4.69) is 11.7 Å². The molecule has 0 saturated heterocycles. The summed E-state index contributed by atoms with van der Waals surface area (Å²) in [6, 6.07) is 0. The molecule has 0 heterocycles. The molecule has 0 bridgehead atoms. The fraction of sp³-hybridized carbons (Fsp3) is 0.300. The molecule has 0 N–H and O–H groups in total. The van der Waals surface area contributed by atoms with Gasteiger partial charge in [-0.05, 0) is 31.9 Å². The van der Waals surface area contributed by atoms with E-state index in [1.165, 1.54) is 12.4 Å². The molecule has 0 aromatic carbocycles. The van der Waals surface area contributed by atoms with Gasteiger partial charge in [0.2, 0.25) is 0 Å². The molecule has 0 aliphatic carbocycles. The molecule has 0 rings (SSSR count). The predicted molar refractivity (Wildman–Crippen MR) is 54.8 cm³/mol. The molecule has 0 spiro atoms. The summed E-state index contributed by atoms with van der Waals surface area (Å²) in [7, 11) is 0. The lowest BCUT2D eigenvalue weighted by Gasteiger charge is -2.03. The Morgan fingerprint density at radius 3 is 2.46 bits per heavy atom. The fourth-order valence-electron chi connectivity index (χ4n) is 0.713. The first-order chi connectivity index (χ1) is 6.11. The molecule has 3 heteroatoms. The highest BCUT2D eigenvalue weighted by molar-refractivity contribution is 5.52. The van der Waals surface area contributed by atoms with E-state index in [1.807, 2.05) is 19.9 Å². The molecular formula is C10H15FN2. The van der Waals surface area contributed by atoms with Crippen LogP contribution in [0.2, 0.25) is 0 Å². The first-order valence-corrected chi connectivity index (χ1v) is 4.03. The van der Waals surface area contributed by atoms with Gasteiger partial charge in [0.05, 0.1) is 6.20 Å². The Morgan fingerprint density at radius 2 is 2.00 bits per heavy atom. The second-order valence-electron chi connectivity index (χ2n) is 2.56. The van der Waals surface area contributed by atoms with Crippen molar-refractivity contribution in [3.8, 4) is 0 Å². The second-order valence-corrected chi connectivity index (χ2v) is 2.56. The SMILES string of the molecule is C=C/C=C(C)\C(C)=C/N(F)/N=C\C. The molecule has 0 radical (unpaired) electrons. The van der Waals surface area contributed by atoms with Gasteiger partial charge >= 0.3 is 0 Å². The maximum Gasteiger partial charge on any atom is 0.0624 e. The largest absolute Gasteiger partial charge is 0.156 e. The number of rotatable bonds is 4. The van der Waals surface area contributed by atoms with Crippen molar-refractivity contribution in [2.24, 2.45) is 5.10 Å². The van der Waals surface area contributed by atoms with Crippen molar-refractivity contribution < 1.29 is 4.48 Å². The van der Waals surface area contributed by atoms with Crippen molar-refractivity contribution in [2.45, 2.75) is 20.8 Å². The van der Waals surface area contributed by atoms with E-state index in [9.17, 15) is 4.48 Å². The van der Waals surface area contributed by atoms with Crippen LogP contribution in [0.15, 0.2) is 41.2 Å². The molecular weight excluding hydrogens is 167 g/mol. The van der Waals surface area contributed by atoms with Crippen molar-refractivity contribution in [2.75, 3.05) is 0 Å². The second kappa shape index (κ2) is 6.17. The lowest BCUT2D eigenvalue weighted by atomic mass is 10.1. The zero-order valence-corrected chi connectivity index (χ0v) is 8.29. The molecule has 0 unspecified atom stereocenters. The standard InChI is InChI=1S/C10H15FN2/c1-5-7-9(3)10(4)8-13(11)12-6-2/h5-8H,1H2,2-4H3/b9-7-,10-8-,12-6-. The third-order valence-corrected chi connectivity index (χ3v) is 1.52. The van der Waals surface area contributed by atoms with E-state index in [0.717, 1.165) is 11.1 Å². The normalized spacial score (nSPS) is 13.5. The third-order valence-electron chi connectivity index (χ3n) is 1.52. The van der Waals surface area contributed by atoms with Crippen LogP contribution in [0, 0.1) is 0 Å². The molecule has 0 atom stereocenters. The van der Waals surface area contributed by atoms with Gasteiger partial charge in [0.1, 0.15) is 0 Å². The zero-order valence-electron chi connectivity index (χ0n) is 8.29. The summed E-state index contributed by atoms with van der Waals surface area (Å²) >= 11 is 0. The number of halogens is 1. The van der Waals surface area contributed by atoms with Crippen LogP contribution in [0.1, 0.15) is 20.8 Å². The average molecular weight is 182 g/mol. The smallest absolute Gasteiger partial charge is 0.0624 e. The summed E-state index contributed by atoms with van der Waals surface area (Å²) in [5.74, 6) is 0. The van der Waals surface area contributed by atoms with Gasteiger partial charge in [-0.3, -0.25) is 0 Å². The van der Waals surface area contributed by atoms with Crippen molar-refractivity contribution in [3.63, 3.8) is 0 Å². The first-order valence-electron chi connectivity index (χ1n) is 4.03. The van der Waals surface area contributed by atoms with Gasteiger partial charge in [0, 0.05) is 6.21 Å². The lowest BCUT2D eigenvalue weighted by Crippen LogP contribution is -1.96. The summed E-state index contributed by atoms with van der Waals surface area (Å²) < 4.78 is 12.8. The predicted octanol–water partition coefficient (Wildman–Crippen LogP) is 3.21. The van der Waals surface area contributed by atoms with Gasteiger partial charge in [0.25, 0.3) is 0 Å². The Kier molecular flexibility index (Phi) is 5.52. The molecule has 0 aromatic rings. The van der Waals surface area contributed by atoms with Gasteiger partial charge in [-0.15, -0.1) is 5.23 Å². The van der Waals surface area contributed by atoms with E-state index in [1.54, 1.807) is 13.0 Å². The van der Waals surface area contributed by atoms with Gasteiger partial charge in [-0.25, -0.2) is 0 Å². The quantitative estimate of drug-likeness (QED) is 0.282. The van der Waals surface area contributed by atoms with E-state index in [0.29, 0.717) is 0 Å². The number of nitrogens with zero attached hydrogens (tertiary/aromatic N) is 2. The number of allylic oxidation sites excluding steroid dienone is 4. The van der Waals surface area contributed by atoms with Crippen LogP contribution in [-0.4, -0.2) is 11.4 Å². The van der Waals surface area contributed by atoms with Gasteiger partial charge in [0.15, 0.2) is 0 Å². The van der Waals surface area contributed by atoms with E-state index >= 15 is 0 Å². The van der Waals surface area contributed by atoms with Crippen LogP contribution in [0.3, 0.4) is 0 Å². The highest BCUT2D eigenvalue weighted by atomic mass is 19.2. The third kappa shape index (κ3) is 4.95. The van der Waals surface area contributed by atoms with Gasteiger partial charge in [-0.1, -0.05) is 23.2 Å². The summed E-state index contributed by atoms with van der Waals surface area (Å²) in [5.41, 5.74) is 1.77. The van der Waals surface area contributed by atoms with E-state index in [-0.39, 0.29) is 5.23 Å². The minimum absolute atomic E-state index is 0.287. The maximum atomic E-state index is 12.8. The Bertz CT molecular complexity index is 252. The van der Waals surface area contributed by atoms with Crippen molar-refractivity contribution in [3.05, 3.63) is 36.1 Å². The summed E-state index contributed by atoms with van der Waals surface area (Å²) in [6.45, 7) is 8.91. The molecule has 0 saturated carbocycles. The lowest BCUT2D eigenvalue weighted by molar-refractivity contribution is 0.0945. The first kappa shape index (κ1) is 11.6. The van der Waals surface area contributed by atoms with Crippen molar-refractivity contribution >= 4 is 6.21 Å². The van der Waals surface area contributed by atoms with Crippen LogP contribution < -0.4 is 0 Å². The van der Waals surface area contributed by atoms with E-state index < -0.39 is 0 Å². The number of hydrazone groups is 1. The summed E-state index contributed by atoms with van der Waals surface area (Å²) in [4.78, 5) is 0. The van der Waals surface area contributed by atoms with Crippen LogP contribution in [-0.2, 0) is 0 Å². The monoisotopic (exact) mass is 182 g/mol. The molecule has 2 nitrogen and oxygen atoms in total. The molecule has 0 amide bonds. The highest BCUT2D eigenvalue weighted by Gasteiger charge is 1.95.